The number of hydrogen-bond donors (Lipinski definition) is 0. The minimum atomic E-state index is 0.0188. The minimum Gasteiger partial charge on any atom is -0.497 e. The van der Waals surface area contributed by atoms with Crippen LogP contribution in [0.5, 0.6) is 5.75 Å². The summed E-state index contributed by atoms with van der Waals surface area (Å²) in [6.07, 6.45) is 0. The van der Waals surface area contributed by atoms with Gasteiger partial charge in [-0.3, -0.25) is 4.79 Å². The Bertz CT molecular complexity index is 729. The quantitative estimate of drug-likeness (QED) is 0.867. The van der Waals surface area contributed by atoms with Gasteiger partial charge in [0.25, 0.3) is 5.91 Å². The van der Waals surface area contributed by atoms with E-state index in [1.807, 2.05) is 24.3 Å². The smallest absolute Gasteiger partial charge is 0.254 e. The van der Waals surface area contributed by atoms with Crippen LogP contribution in [-0.4, -0.2) is 17.9 Å². The first-order valence-corrected chi connectivity index (χ1v) is 6.66. The number of fused-ring (bicyclic) bond motifs is 1. The summed E-state index contributed by atoms with van der Waals surface area (Å²) in [6, 6.07) is 15.0. The molecule has 2 aromatic rings. The van der Waals surface area contributed by atoms with E-state index >= 15 is 0 Å². The van der Waals surface area contributed by atoms with E-state index in [-0.39, 0.29) is 5.91 Å². The van der Waals surface area contributed by atoms with Crippen molar-refractivity contribution in [3.8, 4) is 11.8 Å². The number of benzene rings is 2. The van der Waals surface area contributed by atoms with Crippen LogP contribution in [0.3, 0.4) is 0 Å². The van der Waals surface area contributed by atoms with Crippen molar-refractivity contribution >= 4 is 5.91 Å². The van der Waals surface area contributed by atoms with Crippen molar-refractivity contribution in [1.82, 2.24) is 4.90 Å². The van der Waals surface area contributed by atoms with Gasteiger partial charge in [-0.25, -0.2) is 0 Å². The third-order valence-electron chi connectivity index (χ3n) is 3.65. The zero-order valence-corrected chi connectivity index (χ0v) is 11.7. The van der Waals surface area contributed by atoms with Crippen LogP contribution in [0.15, 0.2) is 42.5 Å². The number of amides is 1. The van der Waals surface area contributed by atoms with Crippen LogP contribution in [0, 0.1) is 11.3 Å². The van der Waals surface area contributed by atoms with E-state index in [0.717, 1.165) is 16.9 Å². The second kappa shape index (κ2) is 5.29. The summed E-state index contributed by atoms with van der Waals surface area (Å²) >= 11 is 0. The van der Waals surface area contributed by atoms with Crippen molar-refractivity contribution in [2.75, 3.05) is 7.11 Å². The van der Waals surface area contributed by atoms with Crippen LogP contribution >= 0.6 is 0 Å². The number of rotatable bonds is 3. The van der Waals surface area contributed by atoms with Crippen LogP contribution in [-0.2, 0) is 13.1 Å². The van der Waals surface area contributed by atoms with Crippen molar-refractivity contribution in [2.24, 2.45) is 0 Å². The number of nitrogens with zero attached hydrogens (tertiary/aromatic N) is 2. The van der Waals surface area contributed by atoms with Gasteiger partial charge in [0.05, 0.1) is 18.7 Å². The molecular weight excluding hydrogens is 264 g/mol. The highest BCUT2D eigenvalue weighted by Crippen LogP contribution is 2.25. The van der Waals surface area contributed by atoms with E-state index in [4.69, 9.17) is 10.00 Å². The second-order valence-electron chi connectivity index (χ2n) is 4.99. The summed E-state index contributed by atoms with van der Waals surface area (Å²) in [5.41, 5.74) is 3.26. The van der Waals surface area contributed by atoms with Gasteiger partial charge < -0.3 is 9.64 Å². The Labute approximate surface area is 123 Å². The average molecular weight is 278 g/mol. The van der Waals surface area contributed by atoms with Crippen LogP contribution < -0.4 is 4.74 Å². The van der Waals surface area contributed by atoms with Gasteiger partial charge in [0, 0.05) is 18.7 Å². The highest BCUT2D eigenvalue weighted by atomic mass is 16.5. The molecule has 1 aliphatic rings. The van der Waals surface area contributed by atoms with Crippen LogP contribution in [0.4, 0.5) is 0 Å². The Morgan fingerprint density at radius 3 is 2.67 bits per heavy atom. The second-order valence-corrected chi connectivity index (χ2v) is 4.99. The zero-order chi connectivity index (χ0) is 14.8. The third-order valence-corrected chi connectivity index (χ3v) is 3.65. The van der Waals surface area contributed by atoms with Gasteiger partial charge >= 0.3 is 0 Å². The van der Waals surface area contributed by atoms with Crippen LogP contribution in [0.25, 0.3) is 0 Å². The molecule has 1 heterocycles. The molecule has 2 aromatic carbocycles. The lowest BCUT2D eigenvalue weighted by atomic mass is 10.1. The first-order chi connectivity index (χ1) is 10.2. The number of nitriles is 1. The van der Waals surface area contributed by atoms with Gasteiger partial charge in [-0.1, -0.05) is 12.1 Å². The van der Waals surface area contributed by atoms with E-state index in [0.29, 0.717) is 24.2 Å². The fourth-order valence-electron chi connectivity index (χ4n) is 2.53. The monoisotopic (exact) mass is 278 g/mol. The molecule has 104 valence electrons. The lowest BCUT2D eigenvalue weighted by molar-refractivity contribution is 0.0766. The van der Waals surface area contributed by atoms with Crippen molar-refractivity contribution < 1.29 is 9.53 Å². The molecule has 21 heavy (non-hydrogen) atoms. The zero-order valence-electron chi connectivity index (χ0n) is 11.7. The summed E-state index contributed by atoms with van der Waals surface area (Å²) in [5, 5.41) is 8.92. The number of ether oxygens (including phenoxy) is 1. The Morgan fingerprint density at radius 1 is 1.24 bits per heavy atom. The summed E-state index contributed by atoms with van der Waals surface area (Å²) in [4.78, 5) is 14.1. The molecule has 0 saturated heterocycles. The first-order valence-electron chi connectivity index (χ1n) is 6.66. The third kappa shape index (κ3) is 2.46. The first kappa shape index (κ1) is 13.2. The van der Waals surface area contributed by atoms with Gasteiger partial charge in [-0.15, -0.1) is 0 Å². The Hall–Kier alpha value is -2.80. The molecule has 0 radical (unpaired) electrons. The molecular formula is C17H14N2O2. The van der Waals surface area contributed by atoms with E-state index in [1.165, 1.54) is 0 Å². The van der Waals surface area contributed by atoms with Crippen molar-refractivity contribution in [3.05, 3.63) is 64.7 Å². The van der Waals surface area contributed by atoms with Crippen molar-refractivity contribution in [1.29, 1.82) is 5.26 Å². The molecule has 1 amide bonds. The van der Waals surface area contributed by atoms with Crippen LogP contribution in [0.2, 0.25) is 0 Å². The van der Waals surface area contributed by atoms with Crippen molar-refractivity contribution in [2.45, 2.75) is 13.1 Å². The van der Waals surface area contributed by atoms with E-state index in [1.54, 1.807) is 30.2 Å². The average Bonchev–Trinajstić information content (AvgIpc) is 2.83. The fourth-order valence-corrected chi connectivity index (χ4v) is 2.53. The fraction of sp³-hybridized carbons (Fsp3) is 0.176. The SMILES string of the molecule is COc1ccc(CN2Cc3cc(C#N)ccc3C2=O)cc1. The maximum atomic E-state index is 12.3. The maximum absolute atomic E-state index is 12.3. The van der Waals surface area contributed by atoms with Gasteiger partial charge in [-0.2, -0.15) is 5.26 Å². The van der Waals surface area contributed by atoms with E-state index in [2.05, 4.69) is 6.07 Å². The van der Waals surface area contributed by atoms with E-state index in [9.17, 15) is 4.79 Å². The molecule has 0 saturated carbocycles. The lowest BCUT2D eigenvalue weighted by Gasteiger charge is -2.15. The standard InChI is InChI=1S/C17H14N2O2/c1-21-15-5-2-12(3-6-15)10-19-11-14-8-13(9-18)4-7-16(14)17(19)20/h2-8H,10-11H2,1H3. The Balaban J connectivity index is 1.79. The highest BCUT2D eigenvalue weighted by molar-refractivity contribution is 5.98. The normalized spacial score (nSPS) is 13.0. The number of carbonyl (C=O) groups excluding carboxylic acids is 1. The molecule has 0 aliphatic carbocycles. The minimum absolute atomic E-state index is 0.0188. The largest absolute Gasteiger partial charge is 0.497 e. The summed E-state index contributed by atoms with van der Waals surface area (Å²) < 4.78 is 5.13. The molecule has 0 aromatic heterocycles. The molecule has 4 nitrogen and oxygen atoms in total. The van der Waals surface area contributed by atoms with Gasteiger partial charge in [0.15, 0.2) is 0 Å². The summed E-state index contributed by atoms with van der Waals surface area (Å²) in [7, 11) is 1.63. The Morgan fingerprint density at radius 2 is 2.00 bits per heavy atom. The van der Waals surface area contributed by atoms with Gasteiger partial charge in [0.2, 0.25) is 0 Å². The predicted molar refractivity (Wildman–Crippen MR) is 77.7 cm³/mol. The number of carbonyl (C=O) groups is 1. The van der Waals surface area contributed by atoms with E-state index < -0.39 is 0 Å². The molecule has 3 rings (SSSR count). The summed E-state index contributed by atoms with van der Waals surface area (Å²) in [6.45, 7) is 1.11. The van der Waals surface area contributed by atoms with Gasteiger partial charge in [0.1, 0.15) is 5.75 Å². The predicted octanol–water partition coefficient (Wildman–Crippen LogP) is 2.72. The molecule has 1 aliphatic heterocycles. The molecule has 0 fully saturated rings. The number of methoxy groups -OCH3 is 1. The molecule has 0 N–H and O–H groups in total. The van der Waals surface area contributed by atoms with Crippen molar-refractivity contribution in [3.63, 3.8) is 0 Å². The molecule has 0 bridgehead atoms. The lowest BCUT2D eigenvalue weighted by Crippen LogP contribution is -2.23. The number of hydrogen-bond acceptors (Lipinski definition) is 3. The highest BCUT2D eigenvalue weighted by Gasteiger charge is 2.27. The summed E-state index contributed by atoms with van der Waals surface area (Å²) in [5.74, 6) is 0.818. The molecule has 0 spiro atoms. The van der Waals surface area contributed by atoms with Crippen LogP contribution in [0.1, 0.15) is 27.0 Å². The maximum Gasteiger partial charge on any atom is 0.254 e. The molecule has 4 heteroatoms. The molecule has 0 unspecified atom stereocenters. The topological polar surface area (TPSA) is 53.3 Å². The Kier molecular flexibility index (Phi) is 3.33. The van der Waals surface area contributed by atoms with Gasteiger partial charge in [-0.05, 0) is 41.5 Å². The molecule has 0 atom stereocenters.